The highest BCUT2D eigenvalue weighted by molar-refractivity contribution is 9.10. The van der Waals surface area contributed by atoms with E-state index in [0.29, 0.717) is 0 Å². The summed E-state index contributed by atoms with van der Waals surface area (Å²) >= 11 is 3.43. The third kappa shape index (κ3) is 3.38. The van der Waals surface area contributed by atoms with Gasteiger partial charge in [0, 0.05) is 42.8 Å². The monoisotopic (exact) mass is 437 g/mol. The zero-order valence-electron chi connectivity index (χ0n) is 15.6. The van der Waals surface area contributed by atoms with E-state index < -0.39 is 0 Å². The number of anilines is 1. The minimum Gasteiger partial charge on any atom is -0.490 e. The zero-order chi connectivity index (χ0) is 19.7. The maximum atomic E-state index is 12.7. The molecule has 1 aliphatic heterocycles. The number of nitriles is 1. The molecule has 0 saturated carbocycles. The predicted octanol–water partition coefficient (Wildman–Crippen LogP) is 4.22. The van der Waals surface area contributed by atoms with Crippen molar-refractivity contribution in [2.24, 2.45) is 7.05 Å². The molecular formula is C22H20BrN3O2. The van der Waals surface area contributed by atoms with Gasteiger partial charge in [0.15, 0.2) is 0 Å². The first-order valence-corrected chi connectivity index (χ1v) is 10.1. The number of hydrogen-bond acceptors (Lipinski definition) is 4. The molecule has 0 spiro atoms. The fourth-order valence-electron chi connectivity index (χ4n) is 3.81. The van der Waals surface area contributed by atoms with E-state index in [1.807, 2.05) is 48.5 Å². The van der Waals surface area contributed by atoms with Crippen LogP contribution in [0, 0.1) is 11.3 Å². The Morgan fingerprint density at radius 3 is 2.46 bits per heavy atom. The molecule has 0 amide bonds. The van der Waals surface area contributed by atoms with Crippen LogP contribution in [0.5, 0.6) is 5.75 Å². The summed E-state index contributed by atoms with van der Waals surface area (Å²) in [7, 11) is 1.72. The molecule has 28 heavy (non-hydrogen) atoms. The molecule has 1 aliphatic rings. The molecule has 1 aromatic heterocycles. The van der Waals surface area contributed by atoms with Crippen molar-refractivity contribution in [2.75, 3.05) is 18.0 Å². The van der Waals surface area contributed by atoms with Gasteiger partial charge < -0.3 is 14.2 Å². The Kier molecular flexibility index (Phi) is 5.10. The lowest BCUT2D eigenvalue weighted by atomic mass is 10.0. The maximum Gasteiger partial charge on any atom is 0.270 e. The summed E-state index contributed by atoms with van der Waals surface area (Å²) in [6, 6.07) is 17.8. The first kappa shape index (κ1) is 18.6. The predicted molar refractivity (Wildman–Crippen MR) is 114 cm³/mol. The Labute approximate surface area is 171 Å². The van der Waals surface area contributed by atoms with Crippen molar-refractivity contribution in [1.29, 1.82) is 5.26 Å². The van der Waals surface area contributed by atoms with E-state index >= 15 is 0 Å². The summed E-state index contributed by atoms with van der Waals surface area (Å²) in [6.45, 7) is 1.49. The number of nitrogens with zero attached hydrogens (tertiary/aromatic N) is 3. The molecular weight excluding hydrogens is 418 g/mol. The van der Waals surface area contributed by atoms with Crippen LogP contribution in [0.2, 0.25) is 0 Å². The van der Waals surface area contributed by atoms with Crippen LogP contribution in [0.1, 0.15) is 18.4 Å². The highest BCUT2D eigenvalue weighted by Crippen LogP contribution is 2.31. The van der Waals surface area contributed by atoms with Crippen LogP contribution in [0.4, 0.5) is 5.69 Å². The molecule has 0 N–H and O–H groups in total. The van der Waals surface area contributed by atoms with Gasteiger partial charge in [-0.1, -0.05) is 34.1 Å². The van der Waals surface area contributed by atoms with E-state index in [9.17, 15) is 10.1 Å². The first-order chi connectivity index (χ1) is 13.6. The third-order valence-corrected chi connectivity index (χ3v) is 5.79. The largest absolute Gasteiger partial charge is 0.490 e. The van der Waals surface area contributed by atoms with E-state index in [2.05, 4.69) is 26.9 Å². The second kappa shape index (κ2) is 7.69. The molecule has 0 bridgehead atoms. The highest BCUT2D eigenvalue weighted by atomic mass is 79.9. The van der Waals surface area contributed by atoms with Crippen molar-refractivity contribution in [1.82, 2.24) is 4.57 Å². The van der Waals surface area contributed by atoms with E-state index in [1.165, 1.54) is 0 Å². The lowest BCUT2D eigenvalue weighted by Gasteiger charge is -2.35. The molecule has 4 rings (SSSR count). The first-order valence-electron chi connectivity index (χ1n) is 9.27. The van der Waals surface area contributed by atoms with E-state index in [-0.39, 0.29) is 17.2 Å². The number of hydrogen-bond donors (Lipinski definition) is 0. The van der Waals surface area contributed by atoms with E-state index in [1.54, 1.807) is 11.6 Å². The zero-order valence-corrected chi connectivity index (χ0v) is 17.1. The number of rotatable bonds is 3. The third-order valence-electron chi connectivity index (χ3n) is 5.26. The molecule has 2 heterocycles. The molecule has 6 heteroatoms. The van der Waals surface area contributed by atoms with Gasteiger partial charge in [0.05, 0.1) is 11.2 Å². The summed E-state index contributed by atoms with van der Waals surface area (Å²) in [5.74, 6) is 0.860. The molecule has 2 aromatic carbocycles. The van der Waals surface area contributed by atoms with Crippen LogP contribution < -0.4 is 15.2 Å². The summed E-state index contributed by atoms with van der Waals surface area (Å²) in [5, 5.41) is 10.6. The van der Waals surface area contributed by atoms with Gasteiger partial charge >= 0.3 is 0 Å². The molecule has 3 aromatic rings. The number of ether oxygens (including phenoxy) is 1. The van der Waals surface area contributed by atoms with Crippen molar-refractivity contribution in [2.45, 2.75) is 18.9 Å². The van der Waals surface area contributed by atoms with Gasteiger partial charge in [-0.15, -0.1) is 0 Å². The minimum atomic E-state index is -0.246. The molecule has 1 fully saturated rings. The number of aromatic nitrogens is 1. The number of para-hydroxylation sites is 1. The van der Waals surface area contributed by atoms with Crippen molar-refractivity contribution in [3.8, 4) is 11.8 Å². The normalized spacial score (nSPS) is 14.8. The second-order valence-electron chi connectivity index (χ2n) is 6.97. The number of aryl methyl sites for hydroxylation is 1. The number of benzene rings is 2. The number of fused-ring (bicyclic) bond motifs is 1. The Morgan fingerprint density at radius 1 is 1.11 bits per heavy atom. The van der Waals surface area contributed by atoms with E-state index in [4.69, 9.17) is 4.74 Å². The number of pyridine rings is 1. The smallest absolute Gasteiger partial charge is 0.270 e. The number of halogens is 1. The summed E-state index contributed by atoms with van der Waals surface area (Å²) in [5.41, 5.74) is 1.57. The maximum absolute atomic E-state index is 12.7. The SMILES string of the molecule is Cn1c(=O)c(C#N)c(N2CCC(Oc3ccc(Br)cc3)CC2)c2ccccc21. The van der Waals surface area contributed by atoms with Crippen LogP contribution in [0.3, 0.4) is 0 Å². The average molecular weight is 438 g/mol. The van der Waals surface area contributed by atoms with Gasteiger partial charge in [-0.05, 0) is 30.3 Å². The molecule has 0 aliphatic carbocycles. The molecule has 5 nitrogen and oxygen atoms in total. The lowest BCUT2D eigenvalue weighted by Crippen LogP contribution is -2.40. The van der Waals surface area contributed by atoms with Gasteiger partial charge in [-0.2, -0.15) is 5.26 Å². The number of piperidine rings is 1. The molecule has 0 unspecified atom stereocenters. The van der Waals surface area contributed by atoms with Crippen LogP contribution in [-0.2, 0) is 7.05 Å². The summed E-state index contributed by atoms with van der Waals surface area (Å²) in [4.78, 5) is 14.9. The summed E-state index contributed by atoms with van der Waals surface area (Å²) < 4.78 is 8.68. The van der Waals surface area contributed by atoms with Crippen LogP contribution in [0.25, 0.3) is 10.9 Å². The van der Waals surface area contributed by atoms with E-state index in [0.717, 1.165) is 52.7 Å². The fraction of sp³-hybridized carbons (Fsp3) is 0.273. The lowest BCUT2D eigenvalue weighted by molar-refractivity contribution is 0.171. The standard InChI is InChI=1S/C22H20BrN3O2/c1-25-20-5-3-2-4-18(20)21(19(14-24)22(25)27)26-12-10-17(11-13-26)28-16-8-6-15(23)7-9-16/h2-9,17H,10-13H2,1H3. The molecule has 142 valence electrons. The molecule has 0 radical (unpaired) electrons. The van der Waals surface area contributed by atoms with Crippen molar-refractivity contribution in [3.05, 3.63) is 68.9 Å². The quantitative estimate of drug-likeness (QED) is 0.615. The van der Waals surface area contributed by atoms with Crippen molar-refractivity contribution >= 4 is 32.5 Å². The highest BCUT2D eigenvalue weighted by Gasteiger charge is 2.26. The van der Waals surface area contributed by atoms with Gasteiger partial charge in [0.1, 0.15) is 23.5 Å². The Hall–Kier alpha value is -2.78. The van der Waals surface area contributed by atoms with Crippen molar-refractivity contribution in [3.63, 3.8) is 0 Å². The fourth-order valence-corrected chi connectivity index (χ4v) is 4.08. The van der Waals surface area contributed by atoms with Gasteiger partial charge in [0.2, 0.25) is 0 Å². The van der Waals surface area contributed by atoms with Crippen LogP contribution >= 0.6 is 15.9 Å². The van der Waals surface area contributed by atoms with Crippen LogP contribution in [-0.4, -0.2) is 23.8 Å². The van der Waals surface area contributed by atoms with Crippen molar-refractivity contribution < 1.29 is 4.74 Å². The Morgan fingerprint density at radius 2 is 1.79 bits per heavy atom. The Bertz CT molecular complexity index is 1110. The minimum absolute atomic E-state index is 0.126. The molecule has 1 saturated heterocycles. The Balaban J connectivity index is 1.60. The average Bonchev–Trinajstić information content (AvgIpc) is 2.73. The summed E-state index contributed by atoms with van der Waals surface area (Å²) in [6.07, 6.45) is 1.80. The van der Waals surface area contributed by atoms with Gasteiger partial charge in [0.25, 0.3) is 5.56 Å². The van der Waals surface area contributed by atoms with Gasteiger partial charge in [-0.3, -0.25) is 4.79 Å². The topological polar surface area (TPSA) is 58.3 Å². The van der Waals surface area contributed by atoms with Crippen LogP contribution in [0.15, 0.2) is 57.8 Å². The molecule has 0 atom stereocenters. The van der Waals surface area contributed by atoms with Gasteiger partial charge in [-0.25, -0.2) is 0 Å². The second-order valence-corrected chi connectivity index (χ2v) is 7.89.